The number of hydrogen-bond donors (Lipinski definition) is 2. The third-order valence-electron chi connectivity index (χ3n) is 2.77. The normalized spacial score (nSPS) is 19.3. The number of carbonyl (C=O) groups is 2. The molecule has 0 aromatic carbocycles. The van der Waals surface area contributed by atoms with Gasteiger partial charge in [-0.15, -0.1) is 0 Å². The van der Waals surface area contributed by atoms with Crippen molar-refractivity contribution in [2.24, 2.45) is 11.7 Å². The molecule has 1 aromatic heterocycles. The summed E-state index contributed by atoms with van der Waals surface area (Å²) in [5.74, 6) is -1.03. The van der Waals surface area contributed by atoms with Gasteiger partial charge in [-0.05, 0) is 6.42 Å². The maximum atomic E-state index is 11.0. The van der Waals surface area contributed by atoms with E-state index in [0.29, 0.717) is 25.3 Å². The molecule has 1 unspecified atom stereocenters. The monoisotopic (exact) mass is 236 g/mol. The van der Waals surface area contributed by atoms with Crippen molar-refractivity contribution in [3.05, 3.63) is 18.1 Å². The lowest BCUT2D eigenvalue weighted by atomic mass is 10.1. The zero-order valence-corrected chi connectivity index (χ0v) is 9.04. The van der Waals surface area contributed by atoms with E-state index in [9.17, 15) is 9.59 Å². The molecule has 17 heavy (non-hydrogen) atoms. The quantitative estimate of drug-likeness (QED) is 0.731. The van der Waals surface area contributed by atoms with Gasteiger partial charge in [0.2, 0.25) is 5.91 Å². The van der Waals surface area contributed by atoms with Crippen LogP contribution in [-0.2, 0) is 4.79 Å². The van der Waals surface area contributed by atoms with Crippen LogP contribution in [0.2, 0.25) is 0 Å². The molecule has 0 aliphatic carbocycles. The second kappa shape index (κ2) is 4.36. The summed E-state index contributed by atoms with van der Waals surface area (Å²) >= 11 is 0. The van der Waals surface area contributed by atoms with Crippen molar-refractivity contribution in [3.63, 3.8) is 0 Å². The lowest BCUT2D eigenvalue weighted by molar-refractivity contribution is -0.121. The molecule has 0 bridgehead atoms. The number of rotatable bonds is 3. The predicted molar refractivity (Wildman–Crippen MR) is 58.5 cm³/mol. The van der Waals surface area contributed by atoms with Crippen molar-refractivity contribution in [2.75, 3.05) is 18.0 Å². The van der Waals surface area contributed by atoms with Crippen molar-refractivity contribution >= 4 is 17.7 Å². The number of amides is 1. The van der Waals surface area contributed by atoms with Gasteiger partial charge in [0.1, 0.15) is 5.82 Å². The molecule has 1 aliphatic rings. The number of carboxylic acids is 1. The third kappa shape index (κ3) is 2.32. The van der Waals surface area contributed by atoms with Gasteiger partial charge in [0, 0.05) is 13.1 Å². The summed E-state index contributed by atoms with van der Waals surface area (Å²) in [7, 11) is 0. The largest absolute Gasteiger partial charge is 0.476 e. The van der Waals surface area contributed by atoms with Gasteiger partial charge < -0.3 is 15.7 Å². The van der Waals surface area contributed by atoms with E-state index in [2.05, 4.69) is 9.97 Å². The molecule has 1 aliphatic heterocycles. The van der Waals surface area contributed by atoms with Crippen LogP contribution >= 0.6 is 0 Å². The Kier molecular flexibility index (Phi) is 2.90. The summed E-state index contributed by atoms with van der Waals surface area (Å²) in [5.41, 5.74) is 5.12. The first-order chi connectivity index (χ1) is 8.08. The van der Waals surface area contributed by atoms with Gasteiger partial charge in [-0.1, -0.05) is 0 Å². The van der Waals surface area contributed by atoms with Crippen LogP contribution in [0, 0.1) is 5.92 Å². The molecular weight excluding hydrogens is 224 g/mol. The molecule has 2 heterocycles. The Hall–Kier alpha value is -2.18. The number of nitrogens with zero attached hydrogens (tertiary/aromatic N) is 3. The smallest absolute Gasteiger partial charge is 0.356 e. The van der Waals surface area contributed by atoms with Crippen molar-refractivity contribution in [1.82, 2.24) is 9.97 Å². The van der Waals surface area contributed by atoms with Gasteiger partial charge in [-0.3, -0.25) is 4.79 Å². The first kappa shape index (κ1) is 11.3. The van der Waals surface area contributed by atoms with Crippen molar-refractivity contribution in [2.45, 2.75) is 6.42 Å². The molecule has 1 saturated heterocycles. The summed E-state index contributed by atoms with van der Waals surface area (Å²) in [5, 5.41) is 8.68. The first-order valence-corrected chi connectivity index (χ1v) is 5.17. The highest BCUT2D eigenvalue weighted by Gasteiger charge is 2.27. The maximum Gasteiger partial charge on any atom is 0.356 e. The highest BCUT2D eigenvalue weighted by atomic mass is 16.4. The first-order valence-electron chi connectivity index (χ1n) is 5.17. The molecule has 7 nitrogen and oxygen atoms in total. The number of nitrogens with two attached hydrogens (primary N) is 1. The summed E-state index contributed by atoms with van der Waals surface area (Å²) in [4.78, 5) is 31.2. The number of aromatic carboxylic acids is 1. The SMILES string of the molecule is NC(=O)C1CCN(c2cnc(C(=O)O)cn2)C1. The number of carbonyl (C=O) groups excluding carboxylic acids is 1. The summed E-state index contributed by atoms with van der Waals surface area (Å²) in [6.45, 7) is 1.19. The summed E-state index contributed by atoms with van der Waals surface area (Å²) in [6, 6.07) is 0. The average molecular weight is 236 g/mol. The van der Waals surface area contributed by atoms with Crippen LogP contribution in [0.25, 0.3) is 0 Å². The van der Waals surface area contributed by atoms with Gasteiger partial charge in [0.25, 0.3) is 0 Å². The molecule has 0 saturated carbocycles. The second-order valence-electron chi connectivity index (χ2n) is 3.90. The van der Waals surface area contributed by atoms with Crippen LogP contribution in [0.15, 0.2) is 12.4 Å². The Balaban J connectivity index is 2.09. The van der Waals surface area contributed by atoms with Crippen molar-refractivity contribution in [1.29, 1.82) is 0 Å². The van der Waals surface area contributed by atoms with Gasteiger partial charge in [0.05, 0.1) is 18.3 Å². The van der Waals surface area contributed by atoms with E-state index < -0.39 is 5.97 Å². The van der Waals surface area contributed by atoms with E-state index >= 15 is 0 Å². The molecule has 0 spiro atoms. The standard InChI is InChI=1S/C10H12N4O3/c11-9(15)6-1-2-14(5-6)8-4-12-7(3-13-8)10(16)17/h3-4,6H,1-2,5H2,(H2,11,15)(H,16,17). The molecule has 90 valence electrons. The maximum absolute atomic E-state index is 11.0. The van der Waals surface area contributed by atoms with Gasteiger partial charge >= 0.3 is 5.97 Å². The number of primary amides is 1. The lowest BCUT2D eigenvalue weighted by Crippen LogP contribution is -2.27. The predicted octanol–water partition coefficient (Wildman–Crippen LogP) is -0.514. The van der Waals surface area contributed by atoms with Crippen LogP contribution < -0.4 is 10.6 Å². The van der Waals surface area contributed by atoms with E-state index in [1.165, 1.54) is 12.4 Å². The van der Waals surface area contributed by atoms with Gasteiger partial charge in [0.15, 0.2) is 5.69 Å². The summed E-state index contributed by atoms with van der Waals surface area (Å²) in [6.07, 6.45) is 3.29. The van der Waals surface area contributed by atoms with E-state index in [0.717, 1.165) is 0 Å². The Morgan fingerprint density at radius 3 is 2.65 bits per heavy atom. The van der Waals surface area contributed by atoms with Crippen molar-refractivity contribution < 1.29 is 14.7 Å². The highest BCUT2D eigenvalue weighted by molar-refractivity contribution is 5.85. The van der Waals surface area contributed by atoms with Crippen LogP contribution in [0.3, 0.4) is 0 Å². The van der Waals surface area contributed by atoms with Crippen LogP contribution in [0.4, 0.5) is 5.82 Å². The molecule has 3 N–H and O–H groups in total. The molecule has 0 radical (unpaired) electrons. The number of anilines is 1. The number of hydrogen-bond acceptors (Lipinski definition) is 5. The minimum Gasteiger partial charge on any atom is -0.476 e. The highest BCUT2D eigenvalue weighted by Crippen LogP contribution is 2.20. The van der Waals surface area contributed by atoms with E-state index in [4.69, 9.17) is 10.8 Å². The van der Waals surface area contributed by atoms with Crippen LogP contribution in [-0.4, -0.2) is 40.0 Å². The minimum absolute atomic E-state index is 0.0978. The zero-order chi connectivity index (χ0) is 12.4. The van der Waals surface area contributed by atoms with Gasteiger partial charge in [-0.2, -0.15) is 0 Å². The molecular formula is C10H12N4O3. The molecule has 2 rings (SSSR count). The topological polar surface area (TPSA) is 109 Å². The number of aromatic nitrogens is 2. The second-order valence-corrected chi connectivity index (χ2v) is 3.90. The van der Waals surface area contributed by atoms with E-state index in [-0.39, 0.29) is 17.5 Å². The Morgan fingerprint density at radius 2 is 2.18 bits per heavy atom. The average Bonchev–Trinajstić information content (AvgIpc) is 2.78. The molecule has 1 aromatic rings. The third-order valence-corrected chi connectivity index (χ3v) is 2.77. The summed E-state index contributed by atoms with van der Waals surface area (Å²) < 4.78 is 0. The number of carboxylic acid groups (broad SMARTS) is 1. The fourth-order valence-electron chi connectivity index (χ4n) is 1.80. The minimum atomic E-state index is -1.11. The van der Waals surface area contributed by atoms with E-state index in [1.807, 2.05) is 4.90 Å². The molecule has 7 heteroatoms. The Labute approximate surface area is 97.3 Å². The van der Waals surface area contributed by atoms with E-state index in [1.54, 1.807) is 0 Å². The fourth-order valence-corrected chi connectivity index (χ4v) is 1.80. The fraction of sp³-hybridized carbons (Fsp3) is 0.400. The Morgan fingerprint density at radius 1 is 1.41 bits per heavy atom. The van der Waals surface area contributed by atoms with Crippen LogP contribution in [0.1, 0.15) is 16.9 Å². The zero-order valence-electron chi connectivity index (χ0n) is 9.04. The van der Waals surface area contributed by atoms with Gasteiger partial charge in [-0.25, -0.2) is 14.8 Å². The molecule has 1 atom stereocenters. The molecule has 1 fully saturated rings. The Bertz CT molecular complexity index is 445. The lowest BCUT2D eigenvalue weighted by Gasteiger charge is -2.16. The van der Waals surface area contributed by atoms with Crippen LogP contribution in [0.5, 0.6) is 0 Å². The molecule has 1 amide bonds. The van der Waals surface area contributed by atoms with Crippen molar-refractivity contribution in [3.8, 4) is 0 Å².